The van der Waals surface area contributed by atoms with Crippen LogP contribution in [0.1, 0.15) is 29.3 Å². The summed E-state index contributed by atoms with van der Waals surface area (Å²) in [6, 6.07) is 11.6. The van der Waals surface area contributed by atoms with Gasteiger partial charge in [0.15, 0.2) is 11.5 Å². The number of carbonyl (C=O) groups excluding carboxylic acids is 1. The Morgan fingerprint density at radius 3 is 2.42 bits per heavy atom. The standard InChI is InChI=1S/C18H19F2NO3/c1-3-4-12-5-8-14(9-6-12)21-17(22)13-7-10-15(24-18(19)20)16(11-13)23-2/h5-11,18H,3-4H2,1-2H3,(H,21,22). The van der Waals surface area contributed by atoms with Crippen LogP contribution >= 0.6 is 0 Å². The van der Waals surface area contributed by atoms with Crippen molar-refractivity contribution in [2.24, 2.45) is 0 Å². The molecule has 0 fully saturated rings. The van der Waals surface area contributed by atoms with E-state index in [4.69, 9.17) is 4.74 Å². The van der Waals surface area contributed by atoms with Gasteiger partial charge in [0.1, 0.15) is 0 Å². The van der Waals surface area contributed by atoms with Crippen molar-refractivity contribution in [3.8, 4) is 11.5 Å². The molecule has 1 N–H and O–H groups in total. The Labute approximate surface area is 139 Å². The number of amides is 1. The van der Waals surface area contributed by atoms with E-state index in [-0.39, 0.29) is 23.0 Å². The maximum Gasteiger partial charge on any atom is 0.387 e. The molecule has 1 amide bonds. The Kier molecular flexibility index (Phi) is 6.12. The van der Waals surface area contributed by atoms with Crippen LogP contribution < -0.4 is 14.8 Å². The number of hydrogen-bond acceptors (Lipinski definition) is 3. The maximum absolute atomic E-state index is 12.3. The molecule has 0 aromatic heterocycles. The molecule has 0 spiro atoms. The average molecular weight is 335 g/mol. The molecule has 0 aliphatic rings. The van der Waals surface area contributed by atoms with Crippen LogP contribution in [0.4, 0.5) is 14.5 Å². The predicted molar refractivity (Wildman–Crippen MR) is 88.0 cm³/mol. The third-order valence-corrected chi connectivity index (χ3v) is 3.39. The minimum Gasteiger partial charge on any atom is -0.493 e. The fraction of sp³-hybridized carbons (Fsp3) is 0.278. The topological polar surface area (TPSA) is 47.6 Å². The molecule has 2 aromatic carbocycles. The SMILES string of the molecule is CCCc1ccc(NC(=O)c2ccc(OC(F)F)c(OC)c2)cc1. The first-order chi connectivity index (χ1) is 11.5. The normalized spacial score (nSPS) is 10.5. The van der Waals surface area contributed by atoms with Crippen molar-refractivity contribution in [1.82, 2.24) is 0 Å². The van der Waals surface area contributed by atoms with Crippen LogP contribution in [-0.2, 0) is 6.42 Å². The second-order valence-corrected chi connectivity index (χ2v) is 5.15. The molecule has 2 aromatic rings. The Hall–Kier alpha value is -2.63. The highest BCUT2D eigenvalue weighted by Gasteiger charge is 2.14. The molecular weight excluding hydrogens is 316 g/mol. The lowest BCUT2D eigenvalue weighted by Crippen LogP contribution is -2.12. The van der Waals surface area contributed by atoms with E-state index >= 15 is 0 Å². The van der Waals surface area contributed by atoms with Crippen LogP contribution in [0.2, 0.25) is 0 Å². The van der Waals surface area contributed by atoms with E-state index < -0.39 is 6.61 Å². The van der Waals surface area contributed by atoms with Gasteiger partial charge >= 0.3 is 6.61 Å². The number of anilines is 1. The zero-order chi connectivity index (χ0) is 17.5. The zero-order valence-electron chi connectivity index (χ0n) is 13.5. The van der Waals surface area contributed by atoms with Gasteiger partial charge in [0.05, 0.1) is 7.11 Å². The fourth-order valence-corrected chi connectivity index (χ4v) is 2.25. The Bertz CT molecular complexity index is 687. The van der Waals surface area contributed by atoms with Gasteiger partial charge < -0.3 is 14.8 Å². The average Bonchev–Trinajstić information content (AvgIpc) is 2.56. The Morgan fingerprint density at radius 2 is 1.83 bits per heavy atom. The third kappa shape index (κ3) is 4.68. The molecule has 0 aliphatic heterocycles. The molecule has 128 valence electrons. The summed E-state index contributed by atoms with van der Waals surface area (Å²) in [6.45, 7) is -0.856. The molecule has 6 heteroatoms. The molecule has 0 atom stereocenters. The highest BCUT2D eigenvalue weighted by atomic mass is 19.3. The molecule has 0 radical (unpaired) electrons. The number of hydrogen-bond donors (Lipinski definition) is 1. The Morgan fingerprint density at radius 1 is 1.12 bits per heavy atom. The van der Waals surface area contributed by atoms with Crippen molar-refractivity contribution in [3.63, 3.8) is 0 Å². The van der Waals surface area contributed by atoms with E-state index in [9.17, 15) is 13.6 Å². The van der Waals surface area contributed by atoms with Crippen LogP contribution in [0.5, 0.6) is 11.5 Å². The molecule has 0 unspecified atom stereocenters. The van der Waals surface area contributed by atoms with Crippen LogP contribution in [0.3, 0.4) is 0 Å². The third-order valence-electron chi connectivity index (χ3n) is 3.39. The monoisotopic (exact) mass is 335 g/mol. The quantitative estimate of drug-likeness (QED) is 0.810. The second-order valence-electron chi connectivity index (χ2n) is 5.15. The lowest BCUT2D eigenvalue weighted by molar-refractivity contribution is -0.0512. The summed E-state index contributed by atoms with van der Waals surface area (Å²) >= 11 is 0. The lowest BCUT2D eigenvalue weighted by atomic mass is 10.1. The smallest absolute Gasteiger partial charge is 0.387 e. The highest BCUT2D eigenvalue weighted by molar-refractivity contribution is 6.04. The summed E-state index contributed by atoms with van der Waals surface area (Å²) in [5.41, 5.74) is 2.14. The number of halogens is 2. The summed E-state index contributed by atoms with van der Waals surface area (Å²) in [5, 5.41) is 2.76. The predicted octanol–water partition coefficient (Wildman–Crippen LogP) is 4.50. The van der Waals surface area contributed by atoms with Crippen LogP contribution in [0.25, 0.3) is 0 Å². The van der Waals surface area contributed by atoms with Crippen molar-refractivity contribution in [1.29, 1.82) is 0 Å². The van der Waals surface area contributed by atoms with Crippen LogP contribution in [0.15, 0.2) is 42.5 Å². The van der Waals surface area contributed by atoms with Gasteiger partial charge in [-0.1, -0.05) is 25.5 Å². The summed E-state index contributed by atoms with van der Waals surface area (Å²) in [7, 11) is 1.32. The van der Waals surface area contributed by atoms with Crippen molar-refractivity contribution in [3.05, 3.63) is 53.6 Å². The summed E-state index contributed by atoms with van der Waals surface area (Å²) < 4.78 is 34.0. The number of alkyl halides is 2. The van der Waals surface area contributed by atoms with Gasteiger partial charge in [-0.05, 0) is 42.3 Å². The first kappa shape index (κ1) is 17.7. The van der Waals surface area contributed by atoms with Gasteiger partial charge in [0.25, 0.3) is 5.91 Å². The summed E-state index contributed by atoms with van der Waals surface area (Å²) in [5.74, 6) is -0.408. The second kappa shape index (κ2) is 8.29. The van der Waals surface area contributed by atoms with E-state index in [1.54, 1.807) is 0 Å². The van der Waals surface area contributed by atoms with Crippen molar-refractivity contribution < 1.29 is 23.0 Å². The zero-order valence-corrected chi connectivity index (χ0v) is 13.5. The fourth-order valence-electron chi connectivity index (χ4n) is 2.25. The number of carbonyl (C=O) groups is 1. The molecule has 0 aliphatic carbocycles. The van der Waals surface area contributed by atoms with Crippen LogP contribution in [-0.4, -0.2) is 19.6 Å². The van der Waals surface area contributed by atoms with Gasteiger partial charge in [-0.25, -0.2) is 0 Å². The van der Waals surface area contributed by atoms with Gasteiger partial charge in [-0.3, -0.25) is 4.79 Å². The van der Waals surface area contributed by atoms with Gasteiger partial charge in [-0.15, -0.1) is 0 Å². The molecular formula is C18H19F2NO3. The lowest BCUT2D eigenvalue weighted by Gasteiger charge is -2.11. The van der Waals surface area contributed by atoms with E-state index in [0.717, 1.165) is 12.8 Å². The Balaban J connectivity index is 2.11. The minimum absolute atomic E-state index is 0.0706. The van der Waals surface area contributed by atoms with Gasteiger partial charge in [-0.2, -0.15) is 8.78 Å². The number of nitrogens with one attached hydrogen (secondary N) is 1. The van der Waals surface area contributed by atoms with E-state index in [2.05, 4.69) is 17.0 Å². The van der Waals surface area contributed by atoms with Crippen molar-refractivity contribution in [2.45, 2.75) is 26.4 Å². The van der Waals surface area contributed by atoms with E-state index in [1.165, 1.54) is 30.9 Å². The largest absolute Gasteiger partial charge is 0.493 e. The number of rotatable bonds is 7. The van der Waals surface area contributed by atoms with E-state index in [0.29, 0.717) is 5.69 Å². The summed E-state index contributed by atoms with van der Waals surface area (Å²) in [4.78, 5) is 12.3. The minimum atomic E-state index is -2.96. The van der Waals surface area contributed by atoms with Crippen LogP contribution in [0, 0.1) is 0 Å². The molecule has 2 rings (SSSR count). The van der Waals surface area contributed by atoms with Gasteiger partial charge in [0.2, 0.25) is 0 Å². The first-order valence-electron chi connectivity index (χ1n) is 7.56. The van der Waals surface area contributed by atoms with Gasteiger partial charge in [0, 0.05) is 11.3 Å². The molecule has 0 saturated carbocycles. The summed E-state index contributed by atoms with van der Waals surface area (Å²) in [6.07, 6.45) is 2.04. The molecule has 0 bridgehead atoms. The number of methoxy groups -OCH3 is 1. The highest BCUT2D eigenvalue weighted by Crippen LogP contribution is 2.29. The number of aryl methyl sites for hydroxylation is 1. The van der Waals surface area contributed by atoms with E-state index in [1.807, 2.05) is 24.3 Å². The molecule has 0 heterocycles. The number of benzene rings is 2. The number of ether oxygens (including phenoxy) is 2. The molecule has 4 nitrogen and oxygen atoms in total. The molecule has 0 saturated heterocycles. The first-order valence-corrected chi connectivity index (χ1v) is 7.56. The van der Waals surface area contributed by atoms with Crippen molar-refractivity contribution >= 4 is 11.6 Å². The maximum atomic E-state index is 12.3. The van der Waals surface area contributed by atoms with Crippen molar-refractivity contribution in [2.75, 3.05) is 12.4 Å². The molecule has 24 heavy (non-hydrogen) atoms.